The van der Waals surface area contributed by atoms with Crippen molar-refractivity contribution in [3.8, 4) is 0 Å². The molecule has 0 saturated carbocycles. The molecule has 0 aliphatic heterocycles. The highest BCUT2D eigenvalue weighted by Gasteiger charge is 2.13. The SMILES string of the molecule is COC(=O)C(F)=C(F)CN. The number of carbonyl (C=O) groups excluding carboxylic acids is 1. The van der Waals surface area contributed by atoms with Gasteiger partial charge in [-0.15, -0.1) is 0 Å². The molecular formula is C5H7F2NO2. The predicted octanol–water partition coefficient (Wildman–Crippen LogP) is 0.269. The summed E-state index contributed by atoms with van der Waals surface area (Å²) >= 11 is 0. The highest BCUT2D eigenvalue weighted by atomic mass is 19.2. The van der Waals surface area contributed by atoms with E-state index in [9.17, 15) is 13.6 Å². The average Bonchev–Trinajstić information content (AvgIpc) is 2.00. The van der Waals surface area contributed by atoms with E-state index in [1.54, 1.807) is 0 Å². The second-order valence-corrected chi connectivity index (χ2v) is 1.41. The second-order valence-electron chi connectivity index (χ2n) is 1.41. The number of carbonyl (C=O) groups is 1. The molecular weight excluding hydrogens is 144 g/mol. The van der Waals surface area contributed by atoms with Crippen LogP contribution in [0.1, 0.15) is 0 Å². The summed E-state index contributed by atoms with van der Waals surface area (Å²) in [5.41, 5.74) is 4.68. The molecule has 0 aliphatic rings. The maximum Gasteiger partial charge on any atom is 0.369 e. The molecule has 10 heavy (non-hydrogen) atoms. The van der Waals surface area contributed by atoms with Crippen molar-refractivity contribution in [2.75, 3.05) is 13.7 Å². The van der Waals surface area contributed by atoms with Crippen LogP contribution in [0.2, 0.25) is 0 Å². The normalized spacial score (nSPS) is 12.4. The van der Waals surface area contributed by atoms with E-state index in [1.807, 2.05) is 0 Å². The summed E-state index contributed by atoms with van der Waals surface area (Å²) in [7, 11) is 0.950. The highest BCUT2D eigenvalue weighted by molar-refractivity contribution is 5.86. The molecule has 0 atom stereocenters. The third-order valence-corrected chi connectivity index (χ3v) is 0.782. The minimum atomic E-state index is -1.56. The monoisotopic (exact) mass is 151 g/mol. The Labute approximate surface area is 56.5 Å². The molecule has 3 nitrogen and oxygen atoms in total. The first kappa shape index (κ1) is 9.03. The molecule has 0 bridgehead atoms. The van der Waals surface area contributed by atoms with Gasteiger partial charge in [0.25, 0.3) is 0 Å². The highest BCUT2D eigenvalue weighted by Crippen LogP contribution is 2.07. The van der Waals surface area contributed by atoms with Crippen molar-refractivity contribution >= 4 is 5.97 Å². The Hall–Kier alpha value is -0.970. The quantitative estimate of drug-likeness (QED) is 0.455. The Morgan fingerprint density at radius 3 is 2.40 bits per heavy atom. The van der Waals surface area contributed by atoms with Gasteiger partial charge in [-0.1, -0.05) is 0 Å². The van der Waals surface area contributed by atoms with Gasteiger partial charge in [0.1, 0.15) is 0 Å². The van der Waals surface area contributed by atoms with Crippen molar-refractivity contribution in [3.63, 3.8) is 0 Å². The van der Waals surface area contributed by atoms with Crippen LogP contribution in [-0.2, 0) is 9.53 Å². The molecule has 58 valence electrons. The van der Waals surface area contributed by atoms with Crippen molar-refractivity contribution in [2.45, 2.75) is 0 Å². The summed E-state index contributed by atoms with van der Waals surface area (Å²) in [6.45, 7) is -0.638. The van der Waals surface area contributed by atoms with Crippen LogP contribution < -0.4 is 5.73 Å². The van der Waals surface area contributed by atoms with E-state index in [2.05, 4.69) is 10.5 Å². The lowest BCUT2D eigenvalue weighted by Crippen LogP contribution is -2.07. The van der Waals surface area contributed by atoms with Crippen LogP contribution in [0.3, 0.4) is 0 Å². The third kappa shape index (κ3) is 2.10. The van der Waals surface area contributed by atoms with Gasteiger partial charge in [-0.25, -0.2) is 9.18 Å². The van der Waals surface area contributed by atoms with Crippen molar-refractivity contribution < 1.29 is 18.3 Å². The molecule has 0 fully saturated rings. The van der Waals surface area contributed by atoms with E-state index >= 15 is 0 Å². The van der Waals surface area contributed by atoms with Crippen molar-refractivity contribution in [2.24, 2.45) is 5.73 Å². The van der Waals surface area contributed by atoms with Gasteiger partial charge in [-0.2, -0.15) is 4.39 Å². The summed E-state index contributed by atoms with van der Waals surface area (Å²) in [5, 5.41) is 0. The number of methoxy groups -OCH3 is 1. The van der Waals surface area contributed by atoms with Gasteiger partial charge in [0.15, 0.2) is 5.83 Å². The number of esters is 1. The van der Waals surface area contributed by atoms with Crippen LogP contribution in [0.5, 0.6) is 0 Å². The van der Waals surface area contributed by atoms with E-state index in [-0.39, 0.29) is 0 Å². The number of ether oxygens (including phenoxy) is 1. The number of hydrogen-bond acceptors (Lipinski definition) is 3. The molecule has 0 aromatic heterocycles. The average molecular weight is 151 g/mol. The molecule has 0 rings (SSSR count). The first-order valence-corrected chi connectivity index (χ1v) is 2.46. The van der Waals surface area contributed by atoms with E-state index in [0.29, 0.717) is 0 Å². The summed E-state index contributed by atoms with van der Waals surface area (Å²) in [5.74, 6) is -4.21. The molecule has 0 aromatic rings. The van der Waals surface area contributed by atoms with Gasteiger partial charge in [0, 0.05) is 6.54 Å². The Balaban J connectivity index is 4.30. The number of halogens is 2. The zero-order valence-electron chi connectivity index (χ0n) is 5.36. The lowest BCUT2D eigenvalue weighted by molar-refractivity contribution is -0.138. The molecule has 0 heterocycles. The fourth-order valence-corrected chi connectivity index (χ4v) is 0.290. The van der Waals surface area contributed by atoms with Gasteiger partial charge in [-0.3, -0.25) is 0 Å². The predicted molar refractivity (Wildman–Crippen MR) is 30.3 cm³/mol. The molecule has 0 aromatic carbocycles. The molecule has 2 N–H and O–H groups in total. The molecule has 0 unspecified atom stereocenters. The van der Waals surface area contributed by atoms with Crippen molar-refractivity contribution in [3.05, 3.63) is 11.7 Å². The van der Waals surface area contributed by atoms with Crippen LogP contribution in [0, 0.1) is 0 Å². The van der Waals surface area contributed by atoms with Gasteiger partial charge < -0.3 is 10.5 Å². The summed E-state index contributed by atoms with van der Waals surface area (Å²) < 4.78 is 28.1. The van der Waals surface area contributed by atoms with Gasteiger partial charge >= 0.3 is 5.97 Å². The number of hydrogen-bond donors (Lipinski definition) is 1. The van der Waals surface area contributed by atoms with E-state index in [4.69, 9.17) is 0 Å². The number of nitrogens with two attached hydrogens (primary N) is 1. The topological polar surface area (TPSA) is 52.3 Å². The van der Waals surface area contributed by atoms with E-state index in [1.165, 1.54) is 0 Å². The minimum Gasteiger partial charge on any atom is -0.464 e. The zero-order chi connectivity index (χ0) is 8.15. The van der Waals surface area contributed by atoms with Crippen molar-refractivity contribution in [1.82, 2.24) is 0 Å². The fraction of sp³-hybridized carbons (Fsp3) is 0.400. The van der Waals surface area contributed by atoms with Crippen LogP contribution in [0.25, 0.3) is 0 Å². The lowest BCUT2D eigenvalue weighted by atomic mass is 10.4. The number of rotatable bonds is 2. The maximum absolute atomic E-state index is 12.1. The first-order chi connectivity index (χ1) is 4.63. The van der Waals surface area contributed by atoms with Crippen LogP contribution in [0.15, 0.2) is 11.7 Å². The molecule has 5 heteroatoms. The van der Waals surface area contributed by atoms with Crippen molar-refractivity contribution in [1.29, 1.82) is 0 Å². The van der Waals surface area contributed by atoms with E-state index in [0.717, 1.165) is 7.11 Å². The summed E-state index contributed by atoms with van der Waals surface area (Å²) in [6.07, 6.45) is 0. The molecule has 0 spiro atoms. The summed E-state index contributed by atoms with van der Waals surface area (Å²) in [4.78, 5) is 10.2. The lowest BCUT2D eigenvalue weighted by Gasteiger charge is -1.94. The molecule has 0 aliphatic carbocycles. The maximum atomic E-state index is 12.1. The third-order valence-electron chi connectivity index (χ3n) is 0.782. The van der Waals surface area contributed by atoms with Crippen LogP contribution in [0.4, 0.5) is 8.78 Å². The molecule has 0 radical (unpaired) electrons. The Kier molecular flexibility index (Phi) is 3.56. The fourth-order valence-electron chi connectivity index (χ4n) is 0.290. The van der Waals surface area contributed by atoms with Crippen LogP contribution in [-0.4, -0.2) is 19.6 Å². The largest absolute Gasteiger partial charge is 0.464 e. The zero-order valence-corrected chi connectivity index (χ0v) is 5.36. The Morgan fingerprint density at radius 2 is 2.10 bits per heavy atom. The Morgan fingerprint density at radius 1 is 1.60 bits per heavy atom. The standard InChI is InChI=1S/C5H7F2NO2/c1-10-5(9)4(7)3(6)2-8/h2,8H2,1H3. The van der Waals surface area contributed by atoms with Gasteiger partial charge in [0.05, 0.1) is 7.11 Å². The van der Waals surface area contributed by atoms with Crippen LogP contribution >= 0.6 is 0 Å². The van der Waals surface area contributed by atoms with Gasteiger partial charge in [-0.05, 0) is 0 Å². The summed E-state index contributed by atoms with van der Waals surface area (Å²) in [6, 6.07) is 0. The first-order valence-electron chi connectivity index (χ1n) is 2.46. The smallest absolute Gasteiger partial charge is 0.369 e. The molecule has 0 saturated heterocycles. The second kappa shape index (κ2) is 3.94. The minimum absolute atomic E-state index is 0.638. The Bertz CT molecular complexity index is 167. The van der Waals surface area contributed by atoms with E-state index < -0.39 is 24.2 Å². The van der Waals surface area contributed by atoms with Gasteiger partial charge in [0.2, 0.25) is 5.83 Å². The molecule has 0 amide bonds.